The van der Waals surface area contributed by atoms with Gasteiger partial charge in [-0.3, -0.25) is 0 Å². The highest BCUT2D eigenvalue weighted by atomic mass is 127. The lowest BCUT2D eigenvalue weighted by atomic mass is 10.2. The summed E-state index contributed by atoms with van der Waals surface area (Å²) in [6.07, 6.45) is -4.34. The van der Waals surface area contributed by atoms with E-state index in [9.17, 15) is 13.2 Å². The molecule has 1 rings (SSSR count). The van der Waals surface area contributed by atoms with Gasteiger partial charge in [0.05, 0.1) is 13.2 Å². The average Bonchev–Trinajstić information content (AvgIpc) is 2.51. The van der Waals surface area contributed by atoms with Crippen LogP contribution in [0.2, 0.25) is 0 Å². The summed E-state index contributed by atoms with van der Waals surface area (Å²) in [7, 11) is 1.63. The molecule has 25 heavy (non-hydrogen) atoms. The van der Waals surface area contributed by atoms with Crippen molar-refractivity contribution in [2.24, 2.45) is 4.99 Å². The molecule has 0 aliphatic carbocycles. The van der Waals surface area contributed by atoms with Crippen molar-refractivity contribution in [3.63, 3.8) is 0 Å². The number of guanidine groups is 1. The van der Waals surface area contributed by atoms with Crippen LogP contribution in [0.5, 0.6) is 5.75 Å². The Morgan fingerprint density at radius 2 is 1.88 bits per heavy atom. The van der Waals surface area contributed by atoms with Gasteiger partial charge in [-0.25, -0.2) is 4.99 Å². The summed E-state index contributed by atoms with van der Waals surface area (Å²) in [6.45, 7) is 4.31. The molecular formula is C16H25F3IN3O2. The first kappa shape index (κ1) is 23.8. The first-order valence-corrected chi connectivity index (χ1v) is 7.66. The van der Waals surface area contributed by atoms with Crippen LogP contribution in [-0.2, 0) is 11.3 Å². The number of nitrogens with zero attached hydrogens (tertiary/aromatic N) is 1. The summed E-state index contributed by atoms with van der Waals surface area (Å²) in [5, 5.41) is 6.33. The van der Waals surface area contributed by atoms with Gasteiger partial charge in [0.15, 0.2) is 12.6 Å². The van der Waals surface area contributed by atoms with E-state index in [1.54, 1.807) is 19.2 Å². The summed E-state index contributed by atoms with van der Waals surface area (Å²) in [5.74, 6) is 0.832. The molecule has 1 aromatic carbocycles. The summed E-state index contributed by atoms with van der Waals surface area (Å²) in [4.78, 5) is 4.44. The first-order chi connectivity index (χ1) is 11.3. The van der Waals surface area contributed by atoms with E-state index in [2.05, 4.69) is 20.4 Å². The Labute approximate surface area is 163 Å². The number of aliphatic imine (C=N–C) groups is 1. The Morgan fingerprint density at radius 3 is 2.40 bits per heavy atom. The zero-order chi connectivity index (χ0) is 18.0. The lowest BCUT2D eigenvalue weighted by molar-refractivity contribution is -0.153. The van der Waals surface area contributed by atoms with Crippen LogP contribution in [0.15, 0.2) is 29.3 Å². The zero-order valence-electron chi connectivity index (χ0n) is 14.5. The van der Waals surface area contributed by atoms with Crippen molar-refractivity contribution >= 4 is 29.9 Å². The maximum absolute atomic E-state index is 12.1. The third-order valence-corrected chi connectivity index (χ3v) is 2.89. The molecule has 0 heterocycles. The van der Waals surface area contributed by atoms with Crippen molar-refractivity contribution in [2.75, 3.05) is 26.9 Å². The number of nitrogens with one attached hydrogen (secondary N) is 2. The molecule has 1 atom stereocenters. The third-order valence-electron chi connectivity index (χ3n) is 2.89. The number of hydrogen-bond acceptors (Lipinski definition) is 3. The van der Waals surface area contributed by atoms with Crippen LogP contribution >= 0.6 is 24.0 Å². The van der Waals surface area contributed by atoms with E-state index in [4.69, 9.17) is 4.74 Å². The highest BCUT2D eigenvalue weighted by molar-refractivity contribution is 14.0. The molecular weight excluding hydrogens is 450 g/mol. The molecule has 0 saturated heterocycles. The number of rotatable bonds is 8. The SMILES string of the molecule is CCNC(=NCc1ccc(OCC(F)(F)F)cc1)NC(C)COC.I. The molecule has 144 valence electrons. The standard InChI is InChI=1S/C16H24F3N3O2.HI/c1-4-20-15(22-12(2)10-23-3)21-9-13-5-7-14(8-6-13)24-11-16(17,18)19;/h5-8,12H,4,9-11H2,1-3H3,(H2,20,21,22);1H. The summed E-state index contributed by atoms with van der Waals surface area (Å²) < 4.78 is 46.0. The van der Waals surface area contributed by atoms with Gasteiger partial charge in [-0.1, -0.05) is 12.1 Å². The molecule has 2 N–H and O–H groups in total. The molecule has 1 aromatic rings. The molecule has 0 aromatic heterocycles. The van der Waals surface area contributed by atoms with Crippen LogP contribution in [0.4, 0.5) is 13.2 Å². The van der Waals surface area contributed by atoms with E-state index < -0.39 is 12.8 Å². The lowest BCUT2D eigenvalue weighted by Crippen LogP contribution is -2.43. The number of halogens is 4. The van der Waals surface area contributed by atoms with Crippen LogP contribution in [0.1, 0.15) is 19.4 Å². The second-order valence-corrected chi connectivity index (χ2v) is 5.24. The quantitative estimate of drug-likeness (QED) is 0.344. The summed E-state index contributed by atoms with van der Waals surface area (Å²) >= 11 is 0. The molecule has 0 spiro atoms. The molecule has 5 nitrogen and oxygen atoms in total. The highest BCUT2D eigenvalue weighted by Crippen LogP contribution is 2.19. The van der Waals surface area contributed by atoms with Crippen LogP contribution in [0.25, 0.3) is 0 Å². The van der Waals surface area contributed by atoms with Crippen molar-refractivity contribution in [3.05, 3.63) is 29.8 Å². The van der Waals surface area contributed by atoms with Crippen molar-refractivity contribution < 1.29 is 22.6 Å². The average molecular weight is 475 g/mol. The van der Waals surface area contributed by atoms with E-state index in [1.807, 2.05) is 13.8 Å². The molecule has 0 amide bonds. The van der Waals surface area contributed by atoms with Gasteiger partial charge in [-0.15, -0.1) is 24.0 Å². The van der Waals surface area contributed by atoms with Crippen LogP contribution < -0.4 is 15.4 Å². The topological polar surface area (TPSA) is 54.9 Å². The van der Waals surface area contributed by atoms with Gasteiger partial charge < -0.3 is 20.1 Å². The second kappa shape index (κ2) is 12.2. The van der Waals surface area contributed by atoms with Gasteiger partial charge in [0.2, 0.25) is 0 Å². The number of benzene rings is 1. The third kappa shape index (κ3) is 11.1. The fourth-order valence-electron chi connectivity index (χ4n) is 1.87. The van der Waals surface area contributed by atoms with E-state index in [1.165, 1.54) is 12.1 Å². The monoisotopic (exact) mass is 475 g/mol. The summed E-state index contributed by atoms with van der Waals surface area (Å²) in [6, 6.07) is 6.50. The van der Waals surface area contributed by atoms with E-state index in [-0.39, 0.29) is 35.8 Å². The van der Waals surface area contributed by atoms with Crippen molar-refractivity contribution in [3.8, 4) is 5.75 Å². The van der Waals surface area contributed by atoms with Gasteiger partial charge >= 0.3 is 6.18 Å². The molecule has 9 heteroatoms. The predicted molar refractivity (Wildman–Crippen MR) is 103 cm³/mol. The molecule has 0 fully saturated rings. The molecule has 0 aliphatic heterocycles. The van der Waals surface area contributed by atoms with Crippen LogP contribution in [-0.4, -0.2) is 45.0 Å². The minimum atomic E-state index is -4.34. The first-order valence-electron chi connectivity index (χ1n) is 7.66. The van der Waals surface area contributed by atoms with Gasteiger partial charge in [0, 0.05) is 19.7 Å². The number of hydrogen-bond donors (Lipinski definition) is 2. The lowest BCUT2D eigenvalue weighted by Gasteiger charge is -2.17. The molecule has 0 bridgehead atoms. The Hall–Kier alpha value is -1.23. The largest absolute Gasteiger partial charge is 0.484 e. The number of ether oxygens (including phenoxy) is 2. The Bertz CT molecular complexity index is 510. The van der Waals surface area contributed by atoms with E-state index in [0.29, 0.717) is 19.1 Å². The fraction of sp³-hybridized carbons (Fsp3) is 0.562. The van der Waals surface area contributed by atoms with Crippen LogP contribution in [0.3, 0.4) is 0 Å². The second-order valence-electron chi connectivity index (χ2n) is 5.24. The Balaban J connectivity index is 0.00000576. The Kier molecular flexibility index (Phi) is 11.6. The molecule has 0 radical (unpaired) electrons. The van der Waals surface area contributed by atoms with Crippen molar-refractivity contribution in [1.82, 2.24) is 10.6 Å². The molecule has 0 aliphatic rings. The molecule has 0 saturated carbocycles. The highest BCUT2D eigenvalue weighted by Gasteiger charge is 2.28. The Morgan fingerprint density at radius 1 is 1.24 bits per heavy atom. The van der Waals surface area contributed by atoms with Gasteiger partial charge in [-0.05, 0) is 31.5 Å². The fourth-order valence-corrected chi connectivity index (χ4v) is 1.87. The minimum absolute atomic E-state index is 0. The maximum atomic E-state index is 12.1. The van der Waals surface area contributed by atoms with Crippen molar-refractivity contribution in [1.29, 1.82) is 0 Å². The van der Waals surface area contributed by atoms with Crippen LogP contribution in [0, 0.1) is 0 Å². The smallest absolute Gasteiger partial charge is 0.422 e. The number of alkyl halides is 3. The summed E-state index contributed by atoms with van der Waals surface area (Å²) in [5.41, 5.74) is 0.867. The normalized spacial score (nSPS) is 13.0. The predicted octanol–water partition coefficient (Wildman–Crippen LogP) is 3.34. The minimum Gasteiger partial charge on any atom is -0.484 e. The van der Waals surface area contributed by atoms with Gasteiger partial charge in [-0.2, -0.15) is 13.2 Å². The number of methoxy groups -OCH3 is 1. The van der Waals surface area contributed by atoms with Gasteiger partial charge in [0.1, 0.15) is 5.75 Å². The maximum Gasteiger partial charge on any atom is 0.422 e. The van der Waals surface area contributed by atoms with Gasteiger partial charge in [0.25, 0.3) is 0 Å². The van der Waals surface area contributed by atoms with E-state index in [0.717, 1.165) is 12.1 Å². The van der Waals surface area contributed by atoms with Crippen molar-refractivity contribution in [2.45, 2.75) is 32.6 Å². The molecule has 1 unspecified atom stereocenters. The van der Waals surface area contributed by atoms with E-state index >= 15 is 0 Å². The zero-order valence-corrected chi connectivity index (χ0v) is 16.9.